The Bertz CT molecular complexity index is 995. The van der Waals surface area contributed by atoms with Gasteiger partial charge in [-0.2, -0.15) is 10.1 Å². The maximum Gasteiger partial charge on any atom is 0.269 e. The van der Waals surface area contributed by atoms with E-state index in [0.717, 1.165) is 0 Å². The normalized spacial score (nSPS) is 15.8. The molecule has 25 heavy (non-hydrogen) atoms. The summed E-state index contributed by atoms with van der Waals surface area (Å²) in [5, 5.41) is 28.5. The fourth-order valence-electron chi connectivity index (χ4n) is 2.85. The van der Waals surface area contributed by atoms with Crippen LogP contribution < -0.4 is 5.32 Å². The molecule has 4 rings (SSSR count). The van der Waals surface area contributed by atoms with Gasteiger partial charge in [-0.05, 0) is 23.8 Å². The third kappa shape index (κ3) is 2.59. The van der Waals surface area contributed by atoms with E-state index in [1.165, 1.54) is 18.5 Å². The number of nitrogens with one attached hydrogen (secondary N) is 1. The predicted molar refractivity (Wildman–Crippen MR) is 91.0 cm³/mol. The first-order valence-electron chi connectivity index (χ1n) is 7.54. The van der Waals surface area contributed by atoms with Gasteiger partial charge in [0.2, 0.25) is 5.95 Å². The van der Waals surface area contributed by atoms with Gasteiger partial charge in [0.25, 0.3) is 5.69 Å². The number of phenols is 1. The van der Waals surface area contributed by atoms with Gasteiger partial charge in [-0.3, -0.25) is 10.1 Å². The third-order valence-corrected chi connectivity index (χ3v) is 4.02. The monoisotopic (exact) mass is 335 g/mol. The molecule has 1 aromatic heterocycles. The topological polar surface area (TPSA) is 106 Å². The van der Waals surface area contributed by atoms with Crippen molar-refractivity contribution in [1.29, 1.82) is 0 Å². The number of anilines is 1. The number of benzene rings is 2. The van der Waals surface area contributed by atoms with E-state index in [4.69, 9.17) is 0 Å². The van der Waals surface area contributed by atoms with Gasteiger partial charge < -0.3 is 10.4 Å². The molecule has 124 valence electrons. The molecule has 1 unspecified atom stereocenters. The number of nitro benzene ring substituents is 1. The fraction of sp³-hybridized carbons (Fsp3) is 0.0588. The van der Waals surface area contributed by atoms with E-state index < -0.39 is 4.92 Å². The van der Waals surface area contributed by atoms with E-state index in [0.29, 0.717) is 22.8 Å². The zero-order chi connectivity index (χ0) is 17.4. The van der Waals surface area contributed by atoms with Crippen molar-refractivity contribution >= 4 is 17.3 Å². The van der Waals surface area contributed by atoms with Gasteiger partial charge in [-0.25, -0.2) is 4.68 Å². The molecule has 3 aromatic rings. The second-order valence-corrected chi connectivity index (χ2v) is 5.55. The third-order valence-electron chi connectivity index (χ3n) is 4.02. The first-order chi connectivity index (χ1) is 12.1. The highest BCUT2D eigenvalue weighted by molar-refractivity contribution is 5.79. The fourth-order valence-corrected chi connectivity index (χ4v) is 2.85. The lowest BCUT2D eigenvalue weighted by molar-refractivity contribution is -0.384. The Balaban J connectivity index is 1.84. The minimum absolute atomic E-state index is 0.00945. The summed E-state index contributed by atoms with van der Waals surface area (Å²) in [6.07, 6.45) is 3.27. The van der Waals surface area contributed by atoms with Crippen LogP contribution in [0.4, 0.5) is 11.6 Å². The van der Waals surface area contributed by atoms with Gasteiger partial charge in [-0.15, -0.1) is 0 Å². The average Bonchev–Trinajstić information content (AvgIpc) is 3.10. The zero-order valence-corrected chi connectivity index (χ0v) is 12.9. The van der Waals surface area contributed by atoms with Gasteiger partial charge in [0.15, 0.2) is 0 Å². The molecule has 0 radical (unpaired) electrons. The van der Waals surface area contributed by atoms with Crippen LogP contribution in [0.1, 0.15) is 17.2 Å². The van der Waals surface area contributed by atoms with E-state index in [9.17, 15) is 15.2 Å². The Morgan fingerprint density at radius 3 is 2.84 bits per heavy atom. The SMILES string of the molecule is O=[N+]([O-])c1cccc(C2C=C(c3ccccc3O)Nc3ncnn32)c1. The van der Waals surface area contributed by atoms with Crippen LogP contribution >= 0.6 is 0 Å². The van der Waals surface area contributed by atoms with Crippen LogP contribution in [0, 0.1) is 10.1 Å². The number of allylic oxidation sites excluding steroid dienone is 1. The van der Waals surface area contributed by atoms with Crippen molar-refractivity contribution in [3.05, 3.63) is 82.2 Å². The highest BCUT2D eigenvalue weighted by atomic mass is 16.6. The molecule has 2 heterocycles. The lowest BCUT2D eigenvalue weighted by atomic mass is 10.0. The quantitative estimate of drug-likeness (QED) is 0.563. The van der Waals surface area contributed by atoms with Crippen molar-refractivity contribution in [2.45, 2.75) is 6.04 Å². The first-order valence-corrected chi connectivity index (χ1v) is 7.54. The van der Waals surface area contributed by atoms with Crippen molar-refractivity contribution in [2.75, 3.05) is 5.32 Å². The van der Waals surface area contributed by atoms with E-state index in [1.54, 1.807) is 35.0 Å². The minimum atomic E-state index is -0.430. The van der Waals surface area contributed by atoms with Crippen LogP contribution in [-0.4, -0.2) is 24.8 Å². The summed E-state index contributed by atoms with van der Waals surface area (Å²) in [4.78, 5) is 14.8. The number of nitro groups is 1. The maximum absolute atomic E-state index is 11.1. The summed E-state index contributed by atoms with van der Waals surface area (Å²) in [6.45, 7) is 0. The molecule has 2 aromatic carbocycles. The summed E-state index contributed by atoms with van der Waals surface area (Å²) in [7, 11) is 0. The summed E-state index contributed by atoms with van der Waals surface area (Å²) < 4.78 is 1.64. The molecule has 0 spiro atoms. The van der Waals surface area contributed by atoms with E-state index >= 15 is 0 Å². The van der Waals surface area contributed by atoms with Crippen molar-refractivity contribution in [3.63, 3.8) is 0 Å². The Hall–Kier alpha value is -3.68. The van der Waals surface area contributed by atoms with Crippen LogP contribution in [0.5, 0.6) is 5.75 Å². The van der Waals surface area contributed by atoms with E-state index in [2.05, 4.69) is 15.4 Å². The highest BCUT2D eigenvalue weighted by Gasteiger charge is 2.25. The molecule has 1 aliphatic heterocycles. The van der Waals surface area contributed by atoms with Gasteiger partial charge in [-0.1, -0.05) is 24.3 Å². The van der Waals surface area contributed by atoms with Crippen molar-refractivity contribution in [2.24, 2.45) is 0 Å². The largest absolute Gasteiger partial charge is 0.507 e. The van der Waals surface area contributed by atoms with Crippen molar-refractivity contribution < 1.29 is 10.0 Å². The molecule has 1 aliphatic rings. The van der Waals surface area contributed by atoms with Crippen molar-refractivity contribution in [1.82, 2.24) is 14.8 Å². The number of hydrogen-bond donors (Lipinski definition) is 2. The Kier molecular flexibility index (Phi) is 3.42. The molecule has 8 heteroatoms. The summed E-state index contributed by atoms with van der Waals surface area (Å²) >= 11 is 0. The van der Waals surface area contributed by atoms with Gasteiger partial charge >= 0.3 is 0 Å². The average molecular weight is 335 g/mol. The summed E-state index contributed by atoms with van der Waals surface area (Å²) in [5.41, 5.74) is 1.99. The van der Waals surface area contributed by atoms with E-state index in [-0.39, 0.29) is 17.5 Å². The Morgan fingerprint density at radius 1 is 1.20 bits per heavy atom. The number of nitrogens with zero attached hydrogens (tertiary/aromatic N) is 4. The van der Waals surface area contributed by atoms with E-state index in [1.807, 2.05) is 12.1 Å². The van der Waals surface area contributed by atoms with Gasteiger partial charge in [0.05, 0.1) is 10.6 Å². The number of rotatable bonds is 3. The standard InChI is InChI=1S/C17H13N5O3/c23-16-7-2-1-6-13(16)14-9-15(21-17(20-14)18-10-19-21)11-4-3-5-12(8-11)22(24)25/h1-10,15,23H,(H,18,19,20). The molecule has 1 atom stereocenters. The summed E-state index contributed by atoms with van der Waals surface area (Å²) in [6, 6.07) is 13.0. The molecule has 0 bridgehead atoms. The van der Waals surface area contributed by atoms with Crippen LogP contribution in [0.25, 0.3) is 5.70 Å². The zero-order valence-electron chi connectivity index (χ0n) is 12.9. The number of aromatic hydroxyl groups is 1. The highest BCUT2D eigenvalue weighted by Crippen LogP contribution is 2.35. The number of non-ortho nitro benzene ring substituents is 1. The first kappa shape index (κ1) is 14.9. The second-order valence-electron chi connectivity index (χ2n) is 5.55. The van der Waals surface area contributed by atoms with Crippen LogP contribution in [0.15, 0.2) is 60.9 Å². The molecule has 0 amide bonds. The van der Waals surface area contributed by atoms with Gasteiger partial charge in [0.1, 0.15) is 18.1 Å². The van der Waals surface area contributed by atoms with Crippen LogP contribution in [0.2, 0.25) is 0 Å². The molecule has 8 nitrogen and oxygen atoms in total. The molecule has 2 N–H and O–H groups in total. The van der Waals surface area contributed by atoms with Crippen LogP contribution in [-0.2, 0) is 0 Å². The number of para-hydroxylation sites is 1. The van der Waals surface area contributed by atoms with Crippen molar-refractivity contribution in [3.8, 4) is 5.75 Å². The molecule has 0 aliphatic carbocycles. The predicted octanol–water partition coefficient (Wildman–Crippen LogP) is 2.95. The molecular formula is C17H13N5O3. The second kappa shape index (κ2) is 5.75. The number of aromatic nitrogens is 3. The number of phenolic OH excluding ortho intramolecular Hbond substituents is 1. The molecule has 0 fully saturated rings. The molecule has 0 saturated carbocycles. The minimum Gasteiger partial charge on any atom is -0.507 e. The lowest BCUT2D eigenvalue weighted by Gasteiger charge is -2.24. The smallest absolute Gasteiger partial charge is 0.269 e. The molecule has 0 saturated heterocycles. The number of hydrogen-bond acceptors (Lipinski definition) is 6. The lowest BCUT2D eigenvalue weighted by Crippen LogP contribution is -2.20. The maximum atomic E-state index is 11.1. The summed E-state index contributed by atoms with van der Waals surface area (Å²) in [5.74, 6) is 0.629. The molecular weight excluding hydrogens is 322 g/mol. The number of fused-ring (bicyclic) bond motifs is 1. The Labute approximate surface area is 142 Å². The van der Waals surface area contributed by atoms with Crippen LogP contribution in [0.3, 0.4) is 0 Å². The Morgan fingerprint density at radius 2 is 2.04 bits per heavy atom. The van der Waals surface area contributed by atoms with Gasteiger partial charge in [0, 0.05) is 17.7 Å².